The second-order valence-corrected chi connectivity index (χ2v) is 8.32. The van der Waals surface area contributed by atoms with E-state index in [0.29, 0.717) is 10.8 Å². The van der Waals surface area contributed by atoms with Gasteiger partial charge in [0.2, 0.25) is 0 Å². The number of aromatic nitrogens is 6. The number of nitrogens with one attached hydrogen (secondary N) is 2. The molecule has 3 heterocycles. The number of hydrogen-bond donors (Lipinski definition) is 3. The molecule has 1 aliphatic carbocycles. The first kappa shape index (κ1) is 22.3. The molecule has 1 saturated carbocycles. The van der Waals surface area contributed by atoms with Crippen molar-refractivity contribution in [1.82, 2.24) is 34.8 Å². The van der Waals surface area contributed by atoms with Gasteiger partial charge < -0.3 is 10.6 Å². The Hall–Kier alpha value is -3.93. The van der Waals surface area contributed by atoms with Gasteiger partial charge in [0.15, 0.2) is 17.2 Å². The van der Waals surface area contributed by atoms with Crippen molar-refractivity contribution in [3.05, 3.63) is 48.2 Å². The molecule has 3 N–H and O–H groups in total. The van der Waals surface area contributed by atoms with Gasteiger partial charge in [-0.2, -0.15) is 5.10 Å². The van der Waals surface area contributed by atoms with Gasteiger partial charge in [-0.15, -0.1) is 0 Å². The van der Waals surface area contributed by atoms with Gasteiger partial charge in [0, 0.05) is 19.2 Å². The van der Waals surface area contributed by atoms with Crippen LogP contribution in [-0.2, 0) is 7.05 Å². The summed E-state index contributed by atoms with van der Waals surface area (Å²) in [5.41, 5.74) is 1.42. The predicted molar refractivity (Wildman–Crippen MR) is 118 cm³/mol. The van der Waals surface area contributed by atoms with Crippen LogP contribution in [0.3, 0.4) is 0 Å². The van der Waals surface area contributed by atoms with Gasteiger partial charge >= 0.3 is 0 Å². The van der Waals surface area contributed by atoms with Crippen molar-refractivity contribution in [2.45, 2.75) is 32.6 Å². The summed E-state index contributed by atoms with van der Waals surface area (Å²) in [7, 11) is 1.62. The molecule has 0 saturated heterocycles. The quantitative estimate of drug-likeness (QED) is 0.346. The van der Waals surface area contributed by atoms with Crippen LogP contribution >= 0.6 is 0 Å². The van der Waals surface area contributed by atoms with Crippen LogP contribution in [-0.4, -0.2) is 58.3 Å². The summed E-state index contributed by atoms with van der Waals surface area (Å²) in [5.74, 6) is -0.714. The van der Waals surface area contributed by atoms with Crippen molar-refractivity contribution in [3.63, 3.8) is 0 Å². The Balaban J connectivity index is 1.62. The zero-order valence-corrected chi connectivity index (χ0v) is 18.6. The topological polar surface area (TPSA) is 151 Å². The van der Waals surface area contributed by atoms with Crippen molar-refractivity contribution in [3.8, 4) is 0 Å². The van der Waals surface area contributed by atoms with Gasteiger partial charge in [-0.25, -0.2) is 25.0 Å². The smallest absolute Gasteiger partial charge is 0.299 e. The van der Waals surface area contributed by atoms with E-state index in [1.165, 1.54) is 17.2 Å². The van der Waals surface area contributed by atoms with Gasteiger partial charge in [-0.3, -0.25) is 19.5 Å². The molecule has 172 valence electrons. The highest BCUT2D eigenvalue weighted by atomic mass is 16.5. The minimum atomic E-state index is -0.711. The van der Waals surface area contributed by atoms with E-state index >= 15 is 0 Å². The number of carbonyl (C=O) groups excluding carboxylic acids is 2. The molecule has 0 radical (unpaired) electrons. The molecule has 0 aromatic carbocycles. The number of rotatable bonds is 8. The lowest BCUT2D eigenvalue weighted by Crippen LogP contribution is -2.32. The molecule has 3 aromatic heterocycles. The number of hydroxylamine groups is 2. The maximum Gasteiger partial charge on any atom is 0.299 e. The molecular formula is C21H25N9O3. The molecule has 12 heteroatoms. The molecular weight excluding hydrogens is 426 g/mol. The average Bonchev–Trinajstić information content (AvgIpc) is 3.56. The van der Waals surface area contributed by atoms with Crippen LogP contribution in [0.1, 0.15) is 59.3 Å². The first-order valence-corrected chi connectivity index (χ1v) is 10.6. The minimum Gasteiger partial charge on any atom is -0.336 e. The summed E-state index contributed by atoms with van der Waals surface area (Å²) >= 11 is 0. The molecule has 4 rings (SSSR count). The number of carbonyl (C=O) groups is 2. The van der Waals surface area contributed by atoms with E-state index in [1.54, 1.807) is 25.6 Å². The van der Waals surface area contributed by atoms with Gasteiger partial charge in [0.05, 0.1) is 42.2 Å². The lowest BCUT2D eigenvalue weighted by atomic mass is 10.2. The normalized spacial score (nSPS) is 13.1. The van der Waals surface area contributed by atoms with Crippen LogP contribution < -0.4 is 10.6 Å². The number of hydrogen-bond acceptors (Lipinski definition) is 9. The summed E-state index contributed by atoms with van der Waals surface area (Å²) in [6.45, 7) is 3.87. The molecule has 1 aliphatic rings. The molecule has 12 nitrogen and oxygen atoms in total. The van der Waals surface area contributed by atoms with Crippen molar-refractivity contribution in [1.29, 1.82) is 0 Å². The van der Waals surface area contributed by atoms with Gasteiger partial charge in [-0.05, 0) is 18.8 Å². The van der Waals surface area contributed by atoms with Crippen LogP contribution in [0, 0.1) is 5.92 Å². The Morgan fingerprint density at radius 3 is 2.61 bits per heavy atom. The van der Waals surface area contributed by atoms with Crippen LogP contribution in [0.2, 0.25) is 0 Å². The number of amides is 2. The zero-order valence-electron chi connectivity index (χ0n) is 18.6. The second kappa shape index (κ2) is 9.28. The summed E-state index contributed by atoms with van der Waals surface area (Å²) in [6, 6.07) is 0. The van der Waals surface area contributed by atoms with Gasteiger partial charge in [-0.1, -0.05) is 13.8 Å². The SMILES string of the molecule is CC(C)CN(O)C(=O)c1nn(C)cc1NC(=O)c1nc(C2CC2)cnc1Nc1cncnc1. The van der Waals surface area contributed by atoms with E-state index in [2.05, 4.69) is 35.7 Å². The number of anilines is 3. The number of aryl methyl sites for hydroxylation is 1. The Morgan fingerprint density at radius 2 is 1.94 bits per heavy atom. The van der Waals surface area contributed by atoms with Crippen molar-refractivity contribution in [2.24, 2.45) is 13.0 Å². The molecule has 2 amide bonds. The maximum atomic E-state index is 13.2. The Kier molecular flexibility index (Phi) is 6.27. The van der Waals surface area contributed by atoms with Crippen LogP contribution in [0.5, 0.6) is 0 Å². The van der Waals surface area contributed by atoms with E-state index in [4.69, 9.17) is 0 Å². The fourth-order valence-electron chi connectivity index (χ4n) is 3.20. The highest BCUT2D eigenvalue weighted by Crippen LogP contribution is 2.39. The molecule has 3 aromatic rings. The third kappa shape index (κ3) is 5.29. The third-order valence-corrected chi connectivity index (χ3v) is 4.88. The highest BCUT2D eigenvalue weighted by Gasteiger charge is 2.29. The fraction of sp³-hybridized carbons (Fsp3) is 0.381. The van der Waals surface area contributed by atoms with Crippen molar-refractivity contribution >= 4 is 29.0 Å². The molecule has 33 heavy (non-hydrogen) atoms. The molecule has 0 spiro atoms. The van der Waals surface area contributed by atoms with E-state index in [9.17, 15) is 14.8 Å². The van der Waals surface area contributed by atoms with Crippen LogP contribution in [0.25, 0.3) is 0 Å². The second-order valence-electron chi connectivity index (χ2n) is 8.32. The standard InChI is InChI=1S/C21H25N9O3/c1-12(2)9-30(33)21(32)17-16(10-29(3)28-17)27-20(31)18-19(25-14-6-22-11-23-7-14)24-8-15(26-18)13-4-5-13/h6-8,10-13,33H,4-5,9H2,1-3H3,(H,24,25)(H,27,31). The summed E-state index contributed by atoms with van der Waals surface area (Å²) in [4.78, 5) is 42.8. The first-order valence-electron chi connectivity index (χ1n) is 10.6. The molecule has 1 fully saturated rings. The molecule has 0 aliphatic heterocycles. The fourth-order valence-corrected chi connectivity index (χ4v) is 3.20. The Labute approximate surface area is 190 Å². The third-order valence-electron chi connectivity index (χ3n) is 4.88. The number of nitrogens with zero attached hydrogens (tertiary/aromatic N) is 7. The summed E-state index contributed by atoms with van der Waals surface area (Å²) in [6.07, 6.45) is 9.63. The van der Waals surface area contributed by atoms with Crippen LogP contribution in [0.15, 0.2) is 31.1 Å². The Morgan fingerprint density at radius 1 is 1.21 bits per heavy atom. The minimum absolute atomic E-state index is 0.0525. The largest absolute Gasteiger partial charge is 0.336 e. The van der Waals surface area contributed by atoms with Gasteiger partial charge in [0.1, 0.15) is 6.33 Å². The maximum absolute atomic E-state index is 13.2. The van der Waals surface area contributed by atoms with E-state index in [0.717, 1.165) is 18.5 Å². The van der Waals surface area contributed by atoms with E-state index in [-0.39, 0.29) is 41.3 Å². The molecule has 0 bridgehead atoms. The van der Waals surface area contributed by atoms with E-state index < -0.39 is 11.8 Å². The van der Waals surface area contributed by atoms with Crippen molar-refractivity contribution in [2.75, 3.05) is 17.2 Å². The predicted octanol–water partition coefficient (Wildman–Crippen LogP) is 2.36. The lowest BCUT2D eigenvalue weighted by Gasteiger charge is -2.16. The average molecular weight is 451 g/mol. The van der Waals surface area contributed by atoms with E-state index in [1.807, 2.05) is 13.8 Å². The molecule has 0 atom stereocenters. The summed E-state index contributed by atoms with van der Waals surface area (Å²) in [5, 5.41) is 20.5. The van der Waals surface area contributed by atoms with Gasteiger partial charge in [0.25, 0.3) is 11.8 Å². The molecule has 0 unspecified atom stereocenters. The first-order chi connectivity index (χ1) is 15.8. The zero-order chi connectivity index (χ0) is 23.5. The monoisotopic (exact) mass is 451 g/mol. The van der Waals surface area contributed by atoms with Crippen molar-refractivity contribution < 1.29 is 14.8 Å². The highest BCUT2D eigenvalue weighted by molar-refractivity contribution is 6.09. The lowest BCUT2D eigenvalue weighted by molar-refractivity contribution is -0.0651. The summed E-state index contributed by atoms with van der Waals surface area (Å²) < 4.78 is 1.39. The Bertz CT molecular complexity index is 1160. The van der Waals surface area contributed by atoms with Crippen LogP contribution in [0.4, 0.5) is 17.2 Å².